The standard InChI is InChI=1S/C16H10ClNO/c17-15-12-3-1-2-4-14(12)18-16-11-6-5-10(19)7-9(11)8-13(15)16/h1-7,19H,8H2. The summed E-state index contributed by atoms with van der Waals surface area (Å²) in [5.41, 5.74) is 5.06. The maximum atomic E-state index is 9.58. The molecule has 1 aromatic heterocycles. The molecule has 0 unspecified atom stereocenters. The van der Waals surface area contributed by atoms with Crippen LogP contribution >= 0.6 is 11.6 Å². The third-order valence-corrected chi connectivity index (χ3v) is 4.07. The van der Waals surface area contributed by atoms with Gasteiger partial charge in [-0.25, -0.2) is 4.98 Å². The maximum Gasteiger partial charge on any atom is 0.115 e. The second kappa shape index (κ2) is 3.72. The zero-order valence-electron chi connectivity index (χ0n) is 10.0. The molecule has 0 bridgehead atoms. The number of para-hydroxylation sites is 1. The molecule has 0 fully saturated rings. The van der Waals surface area contributed by atoms with Gasteiger partial charge in [0.25, 0.3) is 0 Å². The summed E-state index contributed by atoms with van der Waals surface area (Å²) in [6, 6.07) is 13.3. The van der Waals surface area contributed by atoms with E-state index in [1.807, 2.05) is 30.3 Å². The number of hydrogen-bond donors (Lipinski definition) is 1. The topological polar surface area (TPSA) is 33.1 Å². The molecular formula is C16H10ClNO. The van der Waals surface area contributed by atoms with Gasteiger partial charge in [0, 0.05) is 22.9 Å². The number of phenols is 1. The van der Waals surface area contributed by atoms with Crippen LogP contribution in [0.1, 0.15) is 11.1 Å². The smallest absolute Gasteiger partial charge is 0.115 e. The van der Waals surface area contributed by atoms with E-state index in [0.29, 0.717) is 0 Å². The van der Waals surface area contributed by atoms with Gasteiger partial charge in [-0.15, -0.1) is 0 Å². The summed E-state index contributed by atoms with van der Waals surface area (Å²) in [6.45, 7) is 0. The Bertz CT molecular complexity index is 826. The average Bonchev–Trinajstić information content (AvgIpc) is 2.77. The Labute approximate surface area is 115 Å². The fourth-order valence-corrected chi connectivity index (χ4v) is 3.06. The molecule has 92 valence electrons. The molecule has 0 aliphatic heterocycles. The van der Waals surface area contributed by atoms with Crippen LogP contribution in [0.2, 0.25) is 5.02 Å². The number of phenolic OH excluding ortho intramolecular Hbond substituents is 1. The SMILES string of the molecule is Oc1ccc2c(c1)Cc1c-2nc2ccccc2c1Cl. The molecule has 19 heavy (non-hydrogen) atoms. The van der Waals surface area contributed by atoms with Gasteiger partial charge in [-0.3, -0.25) is 0 Å². The van der Waals surface area contributed by atoms with Gasteiger partial charge in [-0.2, -0.15) is 0 Å². The first kappa shape index (κ1) is 10.8. The van der Waals surface area contributed by atoms with Crippen molar-refractivity contribution in [2.75, 3.05) is 0 Å². The van der Waals surface area contributed by atoms with Crippen molar-refractivity contribution in [1.29, 1.82) is 0 Å². The van der Waals surface area contributed by atoms with E-state index in [-0.39, 0.29) is 5.75 Å². The van der Waals surface area contributed by atoms with Crippen LogP contribution in [0.4, 0.5) is 0 Å². The van der Waals surface area contributed by atoms with E-state index in [1.165, 1.54) is 0 Å². The van der Waals surface area contributed by atoms with Gasteiger partial charge in [-0.1, -0.05) is 29.8 Å². The molecule has 2 nitrogen and oxygen atoms in total. The Balaban J connectivity index is 2.08. The van der Waals surface area contributed by atoms with Crippen LogP contribution in [-0.4, -0.2) is 10.1 Å². The molecule has 2 aromatic carbocycles. The molecule has 0 amide bonds. The molecule has 0 atom stereocenters. The monoisotopic (exact) mass is 267 g/mol. The van der Waals surface area contributed by atoms with E-state index >= 15 is 0 Å². The predicted octanol–water partition coefficient (Wildman–Crippen LogP) is 4.17. The minimum Gasteiger partial charge on any atom is -0.508 e. The molecule has 1 aliphatic carbocycles. The first-order valence-electron chi connectivity index (χ1n) is 6.13. The zero-order chi connectivity index (χ0) is 13.0. The van der Waals surface area contributed by atoms with Crippen molar-refractivity contribution in [3.8, 4) is 17.0 Å². The number of aromatic hydroxyl groups is 1. The first-order valence-corrected chi connectivity index (χ1v) is 6.51. The van der Waals surface area contributed by atoms with Gasteiger partial charge in [0.15, 0.2) is 0 Å². The number of pyridine rings is 1. The molecule has 0 saturated carbocycles. The van der Waals surface area contributed by atoms with E-state index in [9.17, 15) is 5.11 Å². The van der Waals surface area contributed by atoms with Crippen molar-refractivity contribution < 1.29 is 5.11 Å². The van der Waals surface area contributed by atoms with E-state index in [1.54, 1.807) is 12.1 Å². The highest BCUT2D eigenvalue weighted by Crippen LogP contribution is 2.42. The lowest BCUT2D eigenvalue weighted by atomic mass is 10.1. The molecule has 1 N–H and O–H groups in total. The third kappa shape index (κ3) is 1.47. The second-order valence-corrected chi connectivity index (χ2v) is 5.17. The number of hydrogen-bond acceptors (Lipinski definition) is 2. The normalized spacial score (nSPS) is 12.5. The molecule has 0 spiro atoms. The van der Waals surface area contributed by atoms with Crippen molar-refractivity contribution in [3.63, 3.8) is 0 Å². The van der Waals surface area contributed by atoms with Crippen LogP contribution in [0, 0.1) is 0 Å². The van der Waals surface area contributed by atoms with Crippen LogP contribution in [0.3, 0.4) is 0 Å². The maximum absolute atomic E-state index is 9.58. The molecule has 0 saturated heterocycles. The lowest BCUT2D eigenvalue weighted by molar-refractivity contribution is 0.475. The van der Waals surface area contributed by atoms with E-state index in [0.717, 1.165) is 44.7 Å². The van der Waals surface area contributed by atoms with Gasteiger partial charge in [0.05, 0.1) is 16.2 Å². The molecule has 1 heterocycles. The highest BCUT2D eigenvalue weighted by atomic mass is 35.5. The fraction of sp³-hybridized carbons (Fsp3) is 0.0625. The van der Waals surface area contributed by atoms with Crippen molar-refractivity contribution >= 4 is 22.5 Å². The largest absolute Gasteiger partial charge is 0.508 e. The number of rotatable bonds is 0. The second-order valence-electron chi connectivity index (χ2n) is 4.79. The minimum absolute atomic E-state index is 0.284. The molecule has 3 aromatic rings. The summed E-state index contributed by atoms with van der Waals surface area (Å²) in [4.78, 5) is 4.72. The highest BCUT2D eigenvalue weighted by Gasteiger charge is 2.24. The summed E-state index contributed by atoms with van der Waals surface area (Å²) < 4.78 is 0. The highest BCUT2D eigenvalue weighted by molar-refractivity contribution is 6.36. The van der Waals surface area contributed by atoms with E-state index in [4.69, 9.17) is 16.6 Å². The molecule has 4 rings (SSSR count). The van der Waals surface area contributed by atoms with E-state index < -0.39 is 0 Å². The van der Waals surface area contributed by atoms with Gasteiger partial charge < -0.3 is 5.11 Å². The van der Waals surface area contributed by atoms with Gasteiger partial charge in [0.1, 0.15) is 5.75 Å². The van der Waals surface area contributed by atoms with Crippen molar-refractivity contribution in [2.24, 2.45) is 0 Å². The molecular weight excluding hydrogens is 258 g/mol. The van der Waals surface area contributed by atoms with E-state index in [2.05, 4.69) is 0 Å². The Morgan fingerprint density at radius 3 is 2.84 bits per heavy atom. The van der Waals surface area contributed by atoms with Crippen LogP contribution in [0.25, 0.3) is 22.2 Å². The van der Waals surface area contributed by atoms with Crippen molar-refractivity contribution in [3.05, 3.63) is 58.6 Å². The quantitative estimate of drug-likeness (QED) is 0.519. The van der Waals surface area contributed by atoms with Crippen LogP contribution < -0.4 is 0 Å². The van der Waals surface area contributed by atoms with Gasteiger partial charge >= 0.3 is 0 Å². The van der Waals surface area contributed by atoms with Crippen molar-refractivity contribution in [2.45, 2.75) is 6.42 Å². The number of nitrogens with zero attached hydrogens (tertiary/aromatic N) is 1. The number of fused-ring (bicyclic) bond motifs is 4. The van der Waals surface area contributed by atoms with Crippen LogP contribution in [0.5, 0.6) is 5.75 Å². The molecule has 3 heteroatoms. The predicted molar refractivity (Wildman–Crippen MR) is 76.7 cm³/mol. The molecule has 0 radical (unpaired) electrons. The lowest BCUT2D eigenvalue weighted by Gasteiger charge is -2.06. The van der Waals surface area contributed by atoms with Crippen LogP contribution in [-0.2, 0) is 6.42 Å². The summed E-state index contributed by atoms with van der Waals surface area (Å²) >= 11 is 6.51. The fourth-order valence-electron chi connectivity index (χ4n) is 2.74. The summed E-state index contributed by atoms with van der Waals surface area (Å²) in [5, 5.41) is 11.3. The summed E-state index contributed by atoms with van der Waals surface area (Å²) in [6.07, 6.45) is 0.732. The number of benzene rings is 2. The Morgan fingerprint density at radius 1 is 1.11 bits per heavy atom. The average molecular weight is 268 g/mol. The Morgan fingerprint density at radius 2 is 1.95 bits per heavy atom. The summed E-state index contributed by atoms with van der Waals surface area (Å²) in [7, 11) is 0. The minimum atomic E-state index is 0.284. The molecule has 1 aliphatic rings. The van der Waals surface area contributed by atoms with Crippen LogP contribution in [0.15, 0.2) is 42.5 Å². The zero-order valence-corrected chi connectivity index (χ0v) is 10.8. The summed E-state index contributed by atoms with van der Waals surface area (Å²) in [5.74, 6) is 0.284. The lowest BCUT2D eigenvalue weighted by Crippen LogP contribution is -1.89. The van der Waals surface area contributed by atoms with Gasteiger partial charge in [-0.05, 0) is 29.8 Å². The third-order valence-electron chi connectivity index (χ3n) is 3.63. The number of aromatic nitrogens is 1. The van der Waals surface area contributed by atoms with Crippen molar-refractivity contribution in [1.82, 2.24) is 4.98 Å². The van der Waals surface area contributed by atoms with Gasteiger partial charge in [0.2, 0.25) is 0 Å². The first-order chi connectivity index (χ1) is 9.24. The Kier molecular flexibility index (Phi) is 2.12. The Hall–Kier alpha value is -2.06. The number of halogens is 1.